The lowest BCUT2D eigenvalue weighted by Gasteiger charge is -2.08. The van der Waals surface area contributed by atoms with Crippen LogP contribution in [-0.2, 0) is 9.59 Å². The SMILES string of the molecule is CN(C)C=O.CSc1nc(N)nc(SCC(=O)Nc2ncc(Br)cc2Br)c1C#N. The van der Waals surface area contributed by atoms with Gasteiger partial charge in [-0.25, -0.2) is 15.0 Å². The van der Waals surface area contributed by atoms with E-state index < -0.39 is 0 Å². The molecule has 0 radical (unpaired) electrons. The molecule has 0 fully saturated rings. The second-order valence-corrected chi connectivity index (χ2v) is 8.80. The van der Waals surface area contributed by atoms with Crippen molar-refractivity contribution in [2.24, 2.45) is 0 Å². The Labute approximate surface area is 193 Å². The van der Waals surface area contributed by atoms with E-state index >= 15 is 0 Å². The summed E-state index contributed by atoms with van der Waals surface area (Å²) in [6, 6.07) is 3.83. The van der Waals surface area contributed by atoms with Crippen molar-refractivity contribution in [3.63, 3.8) is 0 Å². The third-order valence-corrected chi connectivity index (χ3v) is 5.48. The van der Waals surface area contributed by atoms with E-state index in [2.05, 4.69) is 58.2 Å². The third kappa shape index (κ3) is 8.57. The number of rotatable bonds is 6. The minimum atomic E-state index is -0.276. The molecule has 29 heavy (non-hydrogen) atoms. The van der Waals surface area contributed by atoms with Crippen LogP contribution in [0.15, 0.2) is 31.3 Å². The summed E-state index contributed by atoms with van der Waals surface area (Å²) in [6.45, 7) is 0. The number of nitrogens with zero attached hydrogens (tertiary/aromatic N) is 5. The summed E-state index contributed by atoms with van der Waals surface area (Å²) in [7, 11) is 3.38. The quantitative estimate of drug-likeness (QED) is 0.309. The smallest absolute Gasteiger partial charge is 0.235 e. The second kappa shape index (κ2) is 12.6. The number of amides is 2. The molecule has 0 aliphatic heterocycles. The number of aromatic nitrogens is 3. The lowest BCUT2D eigenvalue weighted by Crippen LogP contribution is -2.16. The zero-order valence-corrected chi connectivity index (χ0v) is 20.4. The molecule has 154 valence electrons. The molecule has 0 atom stereocenters. The van der Waals surface area contributed by atoms with Gasteiger partial charge in [0.1, 0.15) is 27.5 Å². The monoisotopic (exact) mass is 561 g/mol. The van der Waals surface area contributed by atoms with E-state index in [0.29, 0.717) is 25.9 Å². The first-order valence-corrected chi connectivity index (χ1v) is 11.5. The Morgan fingerprint density at radius 2 is 2.00 bits per heavy atom. The lowest BCUT2D eigenvalue weighted by atomic mass is 10.4. The number of pyridine rings is 1. The molecule has 0 saturated carbocycles. The largest absolute Gasteiger partial charge is 0.368 e. The highest BCUT2D eigenvalue weighted by molar-refractivity contribution is 9.11. The fourth-order valence-electron chi connectivity index (χ4n) is 1.59. The van der Waals surface area contributed by atoms with Crippen LogP contribution < -0.4 is 11.1 Å². The molecule has 0 bridgehead atoms. The zero-order valence-electron chi connectivity index (χ0n) is 15.6. The van der Waals surface area contributed by atoms with Crippen LogP contribution in [0.1, 0.15) is 5.56 Å². The van der Waals surface area contributed by atoms with Crippen molar-refractivity contribution < 1.29 is 9.59 Å². The first-order chi connectivity index (χ1) is 13.7. The van der Waals surface area contributed by atoms with Crippen molar-refractivity contribution >= 4 is 79.5 Å². The summed E-state index contributed by atoms with van der Waals surface area (Å²) >= 11 is 9.04. The number of carbonyl (C=O) groups excluding carboxylic acids is 2. The van der Waals surface area contributed by atoms with Crippen LogP contribution in [0.3, 0.4) is 0 Å². The number of nitrogens with one attached hydrogen (secondary N) is 1. The fourth-order valence-corrected chi connectivity index (χ4v) is 4.06. The van der Waals surface area contributed by atoms with Crippen LogP contribution in [-0.4, -0.2) is 58.3 Å². The first-order valence-electron chi connectivity index (χ1n) is 7.68. The van der Waals surface area contributed by atoms with Crippen molar-refractivity contribution in [2.75, 3.05) is 37.2 Å². The predicted octanol–water partition coefficient (Wildman–Crippen LogP) is 3.01. The highest BCUT2D eigenvalue weighted by Crippen LogP contribution is 2.28. The standard InChI is InChI=1S/C13H10Br2N6OS2.C3H7NO/c1-23-11-7(3-16)12(21-13(17)20-11)24-5-9(22)19-10-8(15)2-6(14)4-18-10;1-4(2)3-5/h2,4H,5H2,1H3,(H2,17,20,21)(H,18,19,22);3H,1-2H3. The van der Waals surface area contributed by atoms with Gasteiger partial charge in [0.15, 0.2) is 0 Å². The molecular formula is C16H17Br2N7O2S2. The molecule has 2 amide bonds. The molecule has 13 heteroatoms. The van der Waals surface area contributed by atoms with Gasteiger partial charge >= 0.3 is 0 Å². The summed E-state index contributed by atoms with van der Waals surface area (Å²) in [5.74, 6) is 0.264. The summed E-state index contributed by atoms with van der Waals surface area (Å²) in [4.78, 5) is 35.1. The average Bonchev–Trinajstić information content (AvgIpc) is 2.68. The number of nitrogens with two attached hydrogens (primary N) is 1. The molecule has 0 aliphatic carbocycles. The van der Waals surface area contributed by atoms with Crippen molar-refractivity contribution in [1.82, 2.24) is 19.9 Å². The van der Waals surface area contributed by atoms with Gasteiger partial charge in [0.25, 0.3) is 0 Å². The molecule has 0 aromatic carbocycles. The third-order valence-electron chi connectivity index (χ3n) is 2.78. The number of anilines is 2. The maximum Gasteiger partial charge on any atom is 0.235 e. The molecule has 0 aliphatic rings. The van der Waals surface area contributed by atoms with E-state index in [9.17, 15) is 14.9 Å². The molecule has 0 unspecified atom stereocenters. The minimum Gasteiger partial charge on any atom is -0.368 e. The highest BCUT2D eigenvalue weighted by atomic mass is 79.9. The Kier molecular flexibility index (Phi) is 11.0. The predicted molar refractivity (Wildman–Crippen MR) is 122 cm³/mol. The normalized spacial score (nSPS) is 9.66. The summed E-state index contributed by atoms with van der Waals surface area (Å²) in [5, 5.41) is 12.8. The van der Waals surface area contributed by atoms with Gasteiger partial charge in [-0.05, 0) is 44.2 Å². The maximum absolute atomic E-state index is 12.1. The second-order valence-electron chi connectivity index (χ2n) is 5.27. The highest BCUT2D eigenvalue weighted by Gasteiger charge is 2.15. The number of halogens is 2. The van der Waals surface area contributed by atoms with Crippen molar-refractivity contribution in [3.8, 4) is 6.07 Å². The number of thioether (sulfide) groups is 2. The Bertz CT molecular complexity index is 923. The Morgan fingerprint density at radius 1 is 1.38 bits per heavy atom. The topological polar surface area (TPSA) is 138 Å². The summed E-state index contributed by atoms with van der Waals surface area (Å²) < 4.78 is 1.45. The van der Waals surface area contributed by atoms with E-state index in [-0.39, 0.29) is 17.6 Å². The molecule has 0 spiro atoms. The molecular weight excluding hydrogens is 546 g/mol. The van der Waals surface area contributed by atoms with Crippen molar-refractivity contribution in [3.05, 3.63) is 26.8 Å². The van der Waals surface area contributed by atoms with Gasteiger partial charge in [-0.2, -0.15) is 5.26 Å². The summed E-state index contributed by atoms with van der Waals surface area (Å²) in [6.07, 6.45) is 4.12. The van der Waals surface area contributed by atoms with Gasteiger partial charge in [0.05, 0.1) is 10.2 Å². The number of nitriles is 1. The van der Waals surface area contributed by atoms with Gasteiger partial charge < -0.3 is 16.0 Å². The Morgan fingerprint density at radius 3 is 2.52 bits per heavy atom. The van der Waals surface area contributed by atoms with Crippen molar-refractivity contribution in [1.29, 1.82) is 5.26 Å². The van der Waals surface area contributed by atoms with Crippen LogP contribution in [0.25, 0.3) is 0 Å². The molecule has 2 aromatic rings. The van der Waals surface area contributed by atoms with E-state index in [1.807, 2.05) is 0 Å². The zero-order chi connectivity index (χ0) is 22.0. The fraction of sp³-hybridized carbons (Fsp3) is 0.250. The van der Waals surface area contributed by atoms with Gasteiger partial charge in [0, 0.05) is 24.8 Å². The van der Waals surface area contributed by atoms with Crippen molar-refractivity contribution in [2.45, 2.75) is 10.1 Å². The number of hydrogen-bond donors (Lipinski definition) is 2. The maximum atomic E-state index is 12.1. The van der Waals surface area contributed by atoms with E-state index in [1.54, 1.807) is 32.6 Å². The lowest BCUT2D eigenvalue weighted by molar-refractivity contribution is -0.116. The first kappa shape index (κ1) is 25.2. The Hall–Kier alpha value is -1.88. The van der Waals surface area contributed by atoms with Crippen LogP contribution >= 0.6 is 55.4 Å². The molecule has 9 nitrogen and oxygen atoms in total. The average molecular weight is 563 g/mol. The van der Waals surface area contributed by atoms with Crippen LogP contribution in [0.5, 0.6) is 0 Å². The van der Waals surface area contributed by atoms with E-state index in [4.69, 9.17) is 5.73 Å². The number of carbonyl (C=O) groups is 2. The van der Waals surface area contributed by atoms with E-state index in [0.717, 1.165) is 22.6 Å². The van der Waals surface area contributed by atoms with Gasteiger partial charge in [-0.1, -0.05) is 11.8 Å². The minimum absolute atomic E-state index is 0.0587. The molecule has 3 N–H and O–H groups in total. The van der Waals surface area contributed by atoms with Crippen LogP contribution in [0.4, 0.5) is 11.8 Å². The number of nitrogen functional groups attached to an aromatic ring is 1. The van der Waals surface area contributed by atoms with E-state index in [1.165, 1.54) is 16.7 Å². The molecule has 2 heterocycles. The Balaban J connectivity index is 0.000000749. The van der Waals surface area contributed by atoms with Gasteiger partial charge in [-0.3, -0.25) is 9.59 Å². The molecule has 2 rings (SSSR count). The number of hydrogen-bond acceptors (Lipinski definition) is 9. The van der Waals surface area contributed by atoms with Crippen LogP contribution in [0, 0.1) is 11.3 Å². The van der Waals surface area contributed by atoms with Gasteiger partial charge in [-0.15, -0.1) is 11.8 Å². The molecule has 0 saturated heterocycles. The van der Waals surface area contributed by atoms with Crippen LogP contribution in [0.2, 0.25) is 0 Å². The summed E-state index contributed by atoms with van der Waals surface area (Å²) in [5.41, 5.74) is 5.96. The molecule has 2 aromatic heterocycles. The van der Waals surface area contributed by atoms with Gasteiger partial charge in [0.2, 0.25) is 18.3 Å².